The van der Waals surface area contributed by atoms with Crippen LogP contribution in [0.2, 0.25) is 0 Å². The Kier molecular flexibility index (Phi) is 11.2. The first-order valence-electron chi connectivity index (χ1n) is 13.4. The van der Waals surface area contributed by atoms with Crippen molar-refractivity contribution in [3.05, 3.63) is 35.9 Å². The second kappa shape index (κ2) is 13.7. The van der Waals surface area contributed by atoms with Gasteiger partial charge in [0.15, 0.2) is 0 Å². The van der Waals surface area contributed by atoms with E-state index in [4.69, 9.17) is 4.74 Å². The molecule has 222 valence electrons. The van der Waals surface area contributed by atoms with Gasteiger partial charge in [-0.2, -0.15) is 8.78 Å². The molecule has 1 aromatic rings. The number of likely N-dealkylation sites (tertiary alicyclic amines) is 1. The largest absolute Gasteiger partial charge is 0.444 e. The van der Waals surface area contributed by atoms with Crippen LogP contribution in [0.1, 0.15) is 59.4 Å². The summed E-state index contributed by atoms with van der Waals surface area (Å²) in [6.45, 7) is 9.01. The maximum atomic E-state index is 14.6. The molecule has 1 unspecified atom stereocenters. The Hall–Kier alpha value is -3.57. The van der Waals surface area contributed by atoms with Crippen LogP contribution in [0.4, 0.5) is 13.6 Å². The van der Waals surface area contributed by atoms with Crippen molar-refractivity contribution in [2.75, 3.05) is 13.6 Å². The molecule has 3 N–H and O–H groups in total. The van der Waals surface area contributed by atoms with Gasteiger partial charge in [0.25, 0.3) is 5.91 Å². The summed E-state index contributed by atoms with van der Waals surface area (Å²) < 4.78 is 34.6. The van der Waals surface area contributed by atoms with Gasteiger partial charge in [-0.25, -0.2) is 4.79 Å². The third-order valence-corrected chi connectivity index (χ3v) is 6.27. The van der Waals surface area contributed by atoms with Crippen LogP contribution in [0.5, 0.6) is 0 Å². The van der Waals surface area contributed by atoms with Gasteiger partial charge in [-0.15, -0.1) is 0 Å². The van der Waals surface area contributed by atoms with E-state index in [0.717, 1.165) is 7.05 Å². The Bertz CT molecular complexity index is 1070. The molecule has 2 rings (SSSR count). The molecular weight excluding hydrogens is 526 g/mol. The molecule has 12 heteroatoms. The highest BCUT2D eigenvalue weighted by atomic mass is 19.3. The number of ketones is 1. The van der Waals surface area contributed by atoms with Gasteiger partial charge in [-0.3, -0.25) is 19.2 Å². The Morgan fingerprint density at radius 3 is 2.20 bits per heavy atom. The molecule has 1 saturated heterocycles. The molecular formula is C28H40F2N4O6. The summed E-state index contributed by atoms with van der Waals surface area (Å²) in [6.07, 6.45) is -0.102. The van der Waals surface area contributed by atoms with Crippen molar-refractivity contribution in [3.8, 4) is 0 Å². The molecule has 0 aliphatic carbocycles. The third-order valence-electron chi connectivity index (χ3n) is 6.27. The van der Waals surface area contributed by atoms with Crippen molar-refractivity contribution < 1.29 is 37.5 Å². The van der Waals surface area contributed by atoms with Gasteiger partial charge in [0.05, 0.1) is 6.04 Å². The van der Waals surface area contributed by atoms with Gasteiger partial charge in [0.2, 0.25) is 17.6 Å². The second-order valence-corrected chi connectivity index (χ2v) is 11.3. The number of alkyl carbamates (subject to hydrolysis) is 1. The molecule has 40 heavy (non-hydrogen) atoms. The van der Waals surface area contributed by atoms with Gasteiger partial charge < -0.3 is 25.6 Å². The van der Waals surface area contributed by atoms with Crippen LogP contribution in [0.3, 0.4) is 0 Å². The smallest absolute Gasteiger partial charge is 0.408 e. The van der Waals surface area contributed by atoms with Crippen LogP contribution in [-0.4, -0.2) is 77.7 Å². The lowest BCUT2D eigenvalue weighted by molar-refractivity contribution is -0.160. The van der Waals surface area contributed by atoms with Crippen molar-refractivity contribution in [3.63, 3.8) is 0 Å². The lowest BCUT2D eigenvalue weighted by atomic mass is 9.97. The monoisotopic (exact) mass is 566 g/mol. The number of alkyl halides is 2. The van der Waals surface area contributed by atoms with Crippen LogP contribution in [0.25, 0.3) is 0 Å². The van der Waals surface area contributed by atoms with E-state index < -0.39 is 59.2 Å². The zero-order valence-electron chi connectivity index (χ0n) is 23.9. The number of benzene rings is 1. The summed E-state index contributed by atoms with van der Waals surface area (Å²) in [4.78, 5) is 65.2. The molecule has 1 fully saturated rings. The summed E-state index contributed by atoms with van der Waals surface area (Å²) in [6, 6.07) is 4.46. The Labute approximate surface area is 233 Å². The van der Waals surface area contributed by atoms with Crippen LogP contribution < -0.4 is 16.0 Å². The number of nitrogens with zero attached hydrogens (tertiary/aromatic N) is 1. The van der Waals surface area contributed by atoms with Crippen LogP contribution in [0.15, 0.2) is 30.3 Å². The zero-order valence-corrected chi connectivity index (χ0v) is 23.9. The minimum Gasteiger partial charge on any atom is -0.444 e. The molecule has 0 aromatic heterocycles. The molecule has 1 aromatic carbocycles. The fourth-order valence-corrected chi connectivity index (χ4v) is 4.46. The minimum atomic E-state index is -4.38. The van der Waals surface area contributed by atoms with E-state index in [1.165, 1.54) is 4.90 Å². The molecule has 4 amide bonds. The molecule has 0 spiro atoms. The van der Waals surface area contributed by atoms with Gasteiger partial charge in [-0.05, 0) is 51.5 Å². The number of hydrogen-bond acceptors (Lipinski definition) is 6. The van der Waals surface area contributed by atoms with E-state index >= 15 is 0 Å². The molecule has 0 bridgehead atoms. The maximum Gasteiger partial charge on any atom is 0.408 e. The van der Waals surface area contributed by atoms with Crippen LogP contribution in [0, 0.1) is 5.92 Å². The Morgan fingerprint density at radius 2 is 1.65 bits per heavy atom. The average Bonchev–Trinajstić information content (AvgIpc) is 3.35. The Morgan fingerprint density at radius 1 is 1.02 bits per heavy atom. The summed E-state index contributed by atoms with van der Waals surface area (Å²) in [5.41, 5.74) is -0.297. The van der Waals surface area contributed by atoms with E-state index in [1.807, 2.05) is 13.8 Å². The van der Waals surface area contributed by atoms with E-state index in [1.54, 1.807) is 56.4 Å². The number of nitrogens with one attached hydrogen (secondary N) is 3. The summed E-state index contributed by atoms with van der Waals surface area (Å²) in [5, 5.41) is 6.74. The quantitative estimate of drug-likeness (QED) is 0.353. The maximum absolute atomic E-state index is 14.6. The summed E-state index contributed by atoms with van der Waals surface area (Å²) in [7, 11) is 0.981. The topological polar surface area (TPSA) is 134 Å². The van der Waals surface area contributed by atoms with Gasteiger partial charge >= 0.3 is 12.0 Å². The summed E-state index contributed by atoms with van der Waals surface area (Å²) in [5.74, 6) is -9.23. The average molecular weight is 567 g/mol. The minimum absolute atomic E-state index is 0.0126. The highest BCUT2D eigenvalue weighted by molar-refractivity contribution is 6.10. The fraction of sp³-hybridized carbons (Fsp3) is 0.607. The van der Waals surface area contributed by atoms with Crippen molar-refractivity contribution in [2.24, 2.45) is 5.92 Å². The normalized spacial score (nSPS) is 17.1. The second-order valence-electron chi connectivity index (χ2n) is 11.3. The number of ether oxygens (including phenoxy) is 1. The van der Waals surface area contributed by atoms with E-state index in [0.29, 0.717) is 12.0 Å². The van der Waals surface area contributed by atoms with Gasteiger partial charge in [-0.1, -0.05) is 44.2 Å². The summed E-state index contributed by atoms with van der Waals surface area (Å²) >= 11 is 0. The molecule has 1 aliphatic heterocycles. The highest BCUT2D eigenvalue weighted by Crippen LogP contribution is 2.23. The number of Topliss-reactive ketones (excluding diaryl/α,β-unsaturated/α-hetero) is 1. The molecule has 0 saturated carbocycles. The third kappa shape index (κ3) is 8.99. The Balaban J connectivity index is 2.28. The number of carbonyl (C=O) groups excluding carboxylic acids is 5. The molecule has 0 radical (unpaired) electrons. The predicted octanol–water partition coefficient (Wildman–Crippen LogP) is 2.59. The number of halogens is 2. The van der Waals surface area contributed by atoms with Gasteiger partial charge in [0, 0.05) is 20.0 Å². The van der Waals surface area contributed by atoms with Crippen molar-refractivity contribution >= 4 is 29.6 Å². The first-order valence-corrected chi connectivity index (χ1v) is 13.4. The van der Waals surface area contributed by atoms with Crippen LogP contribution in [-0.2, 0) is 30.3 Å². The van der Waals surface area contributed by atoms with Crippen molar-refractivity contribution in [2.45, 2.75) is 90.0 Å². The molecule has 10 nitrogen and oxygen atoms in total. The van der Waals surface area contributed by atoms with Gasteiger partial charge in [0.1, 0.15) is 17.7 Å². The zero-order chi connectivity index (χ0) is 30.3. The van der Waals surface area contributed by atoms with Crippen molar-refractivity contribution in [1.82, 2.24) is 20.9 Å². The molecule has 1 aliphatic rings. The number of hydrogen-bond donors (Lipinski definition) is 3. The first-order chi connectivity index (χ1) is 18.6. The van der Waals surface area contributed by atoms with Crippen LogP contribution >= 0.6 is 0 Å². The lowest BCUT2D eigenvalue weighted by Crippen LogP contribution is -2.59. The van der Waals surface area contributed by atoms with E-state index in [-0.39, 0.29) is 31.7 Å². The predicted molar refractivity (Wildman–Crippen MR) is 143 cm³/mol. The SMILES string of the molecule is CNC(=O)C(F)(F)C(=O)C(Cc1ccccc1)NC(=O)[C@@H]1CCCN1C(=O)[C@H](CC(C)C)NC(=O)OC(C)(C)C. The number of carbonyl (C=O) groups is 5. The highest BCUT2D eigenvalue weighted by Gasteiger charge is 2.50. The molecule has 3 atom stereocenters. The molecule has 1 heterocycles. The van der Waals surface area contributed by atoms with E-state index in [2.05, 4.69) is 10.6 Å². The lowest BCUT2D eigenvalue weighted by Gasteiger charge is -2.31. The number of rotatable bonds is 11. The van der Waals surface area contributed by atoms with Crippen molar-refractivity contribution in [1.29, 1.82) is 0 Å². The standard InChI is InChI=1S/C28H40F2N4O6/c1-17(2)15-20(33-26(39)40-27(3,4)5)24(37)34-14-10-13-21(34)23(36)32-19(16-18-11-8-7-9-12-18)22(35)28(29,30)25(38)31-6/h7-9,11-12,17,19-21H,10,13-16H2,1-6H3,(H,31,38)(H,32,36)(H,33,39)/t19?,20-,21-/m0/s1. The van der Waals surface area contributed by atoms with E-state index in [9.17, 15) is 32.8 Å². The number of amides is 4. The fourth-order valence-electron chi connectivity index (χ4n) is 4.46. The first kappa shape index (κ1) is 32.6.